The Kier molecular flexibility index (Phi) is 4.29. The molecular weight excluding hydrogens is 260 g/mol. The molecule has 0 aliphatic carbocycles. The number of nitrogens with zero attached hydrogens (tertiary/aromatic N) is 1. The Morgan fingerprint density at radius 1 is 1.37 bits per heavy atom. The smallest absolute Gasteiger partial charge is 0.306 e. The van der Waals surface area contributed by atoms with Crippen LogP contribution in [-0.4, -0.2) is 4.92 Å². The van der Waals surface area contributed by atoms with Crippen molar-refractivity contribution in [2.45, 2.75) is 26.4 Å². The summed E-state index contributed by atoms with van der Waals surface area (Å²) in [6.07, 6.45) is 0. The molecule has 1 aromatic carbocycles. The van der Waals surface area contributed by atoms with E-state index in [2.05, 4.69) is 43.4 Å². The Morgan fingerprint density at radius 2 is 2.05 bits per heavy atom. The van der Waals surface area contributed by atoms with E-state index >= 15 is 0 Å². The first kappa shape index (κ1) is 13.7. The zero-order valence-corrected chi connectivity index (χ0v) is 11.7. The third-order valence-corrected chi connectivity index (χ3v) is 3.94. The highest BCUT2D eigenvalue weighted by molar-refractivity contribution is 7.13. The van der Waals surface area contributed by atoms with Crippen LogP contribution >= 0.6 is 11.3 Å². The highest BCUT2D eigenvalue weighted by Gasteiger charge is 2.10. The molecule has 1 aromatic heterocycles. The minimum atomic E-state index is -0.350. The lowest BCUT2D eigenvalue weighted by atomic mass is 10.1. The van der Waals surface area contributed by atoms with Gasteiger partial charge >= 0.3 is 5.00 Å². The molecule has 0 aliphatic rings. The number of hydrogen-bond acceptors (Lipinski definition) is 4. The zero-order valence-electron chi connectivity index (χ0n) is 10.9. The molecule has 1 heterocycles. The van der Waals surface area contributed by atoms with E-state index in [1.54, 1.807) is 6.07 Å². The van der Waals surface area contributed by atoms with Crippen molar-refractivity contribution < 1.29 is 4.92 Å². The van der Waals surface area contributed by atoms with E-state index in [1.165, 1.54) is 22.5 Å². The average molecular weight is 276 g/mol. The summed E-state index contributed by atoms with van der Waals surface area (Å²) in [5, 5.41) is 16.0. The van der Waals surface area contributed by atoms with Crippen LogP contribution in [-0.2, 0) is 6.54 Å². The van der Waals surface area contributed by atoms with E-state index in [4.69, 9.17) is 0 Å². The topological polar surface area (TPSA) is 55.2 Å². The Hall–Kier alpha value is -1.72. The van der Waals surface area contributed by atoms with Gasteiger partial charge in [-0.1, -0.05) is 41.2 Å². The van der Waals surface area contributed by atoms with Gasteiger partial charge in [-0.3, -0.25) is 10.1 Å². The van der Waals surface area contributed by atoms with Gasteiger partial charge in [0.15, 0.2) is 0 Å². The van der Waals surface area contributed by atoms with Crippen LogP contribution < -0.4 is 5.32 Å². The maximum atomic E-state index is 10.6. The second-order valence-corrected chi connectivity index (χ2v) is 5.45. The van der Waals surface area contributed by atoms with Crippen molar-refractivity contribution in [2.75, 3.05) is 0 Å². The quantitative estimate of drug-likeness (QED) is 0.667. The van der Waals surface area contributed by atoms with Gasteiger partial charge in [0.05, 0.1) is 4.92 Å². The van der Waals surface area contributed by atoms with Gasteiger partial charge in [0, 0.05) is 24.0 Å². The highest BCUT2D eigenvalue weighted by Crippen LogP contribution is 2.23. The van der Waals surface area contributed by atoms with Crippen molar-refractivity contribution in [3.8, 4) is 0 Å². The number of aryl methyl sites for hydroxylation is 1. The van der Waals surface area contributed by atoms with Gasteiger partial charge in [0.2, 0.25) is 0 Å². The Balaban J connectivity index is 1.94. The van der Waals surface area contributed by atoms with E-state index in [1.807, 2.05) is 5.38 Å². The number of nitrogens with one attached hydrogen (secondary N) is 1. The van der Waals surface area contributed by atoms with Gasteiger partial charge in [-0.25, -0.2) is 0 Å². The predicted molar refractivity (Wildman–Crippen MR) is 77.4 cm³/mol. The third-order valence-electron chi connectivity index (χ3n) is 3.01. The molecule has 100 valence electrons. The van der Waals surface area contributed by atoms with Gasteiger partial charge < -0.3 is 5.32 Å². The molecule has 0 radical (unpaired) electrons. The molecule has 19 heavy (non-hydrogen) atoms. The van der Waals surface area contributed by atoms with Crippen LogP contribution in [0.4, 0.5) is 5.00 Å². The third kappa shape index (κ3) is 3.62. The van der Waals surface area contributed by atoms with Crippen LogP contribution in [0, 0.1) is 17.0 Å². The van der Waals surface area contributed by atoms with Crippen LogP contribution in [0.15, 0.2) is 35.7 Å². The number of rotatable bonds is 5. The van der Waals surface area contributed by atoms with Crippen LogP contribution in [0.3, 0.4) is 0 Å². The van der Waals surface area contributed by atoms with Crippen LogP contribution in [0.1, 0.15) is 29.7 Å². The fraction of sp³-hybridized carbons (Fsp3) is 0.286. The standard InChI is InChI=1S/C14H16N2O2S/c1-10-3-5-13(6-4-10)11(2)15-8-12-7-14(16(17)18)19-9-12/h3-7,9,11,15H,8H2,1-2H3/t11-/m1/s1. The maximum absolute atomic E-state index is 10.6. The van der Waals surface area contributed by atoms with Gasteiger partial charge in [0.1, 0.15) is 0 Å². The summed E-state index contributed by atoms with van der Waals surface area (Å²) in [6.45, 7) is 4.79. The van der Waals surface area contributed by atoms with Crippen molar-refractivity contribution in [1.82, 2.24) is 5.32 Å². The molecule has 1 atom stereocenters. The summed E-state index contributed by atoms with van der Waals surface area (Å²) < 4.78 is 0. The molecule has 2 aromatic rings. The van der Waals surface area contributed by atoms with Crippen molar-refractivity contribution in [1.29, 1.82) is 0 Å². The van der Waals surface area contributed by atoms with Gasteiger partial charge in [-0.15, -0.1) is 0 Å². The van der Waals surface area contributed by atoms with Crippen LogP contribution in [0.5, 0.6) is 0 Å². The summed E-state index contributed by atoms with van der Waals surface area (Å²) in [7, 11) is 0. The van der Waals surface area contributed by atoms with E-state index in [0.29, 0.717) is 6.54 Å². The fourth-order valence-electron chi connectivity index (χ4n) is 1.80. The van der Waals surface area contributed by atoms with Crippen molar-refractivity contribution in [3.05, 3.63) is 62.5 Å². The Bertz CT molecular complexity index is 563. The highest BCUT2D eigenvalue weighted by atomic mass is 32.1. The molecule has 0 saturated carbocycles. The van der Waals surface area contributed by atoms with E-state index in [9.17, 15) is 10.1 Å². The van der Waals surface area contributed by atoms with Gasteiger partial charge in [-0.05, 0) is 25.0 Å². The zero-order chi connectivity index (χ0) is 13.8. The van der Waals surface area contributed by atoms with Crippen LogP contribution in [0.25, 0.3) is 0 Å². The maximum Gasteiger partial charge on any atom is 0.324 e. The number of benzene rings is 1. The first-order valence-electron chi connectivity index (χ1n) is 6.08. The molecule has 0 fully saturated rings. The summed E-state index contributed by atoms with van der Waals surface area (Å²) in [5.41, 5.74) is 3.41. The predicted octanol–water partition coefficient (Wildman–Crippen LogP) is 3.82. The van der Waals surface area contributed by atoms with E-state index in [-0.39, 0.29) is 16.0 Å². The average Bonchev–Trinajstić information content (AvgIpc) is 2.86. The lowest BCUT2D eigenvalue weighted by Gasteiger charge is -2.13. The van der Waals surface area contributed by atoms with E-state index < -0.39 is 0 Å². The molecule has 0 unspecified atom stereocenters. The Morgan fingerprint density at radius 3 is 2.63 bits per heavy atom. The summed E-state index contributed by atoms with van der Waals surface area (Å²) in [6, 6.07) is 10.2. The van der Waals surface area contributed by atoms with Gasteiger partial charge in [-0.2, -0.15) is 0 Å². The van der Waals surface area contributed by atoms with E-state index in [0.717, 1.165) is 5.56 Å². The molecule has 2 rings (SSSR count). The molecule has 0 bridgehead atoms. The summed E-state index contributed by atoms with van der Waals surface area (Å²) in [5.74, 6) is 0. The summed E-state index contributed by atoms with van der Waals surface area (Å²) in [4.78, 5) is 10.3. The molecule has 0 saturated heterocycles. The fourth-order valence-corrected chi connectivity index (χ4v) is 2.52. The molecule has 0 spiro atoms. The largest absolute Gasteiger partial charge is 0.324 e. The molecule has 5 heteroatoms. The van der Waals surface area contributed by atoms with Crippen molar-refractivity contribution in [2.24, 2.45) is 0 Å². The normalized spacial score (nSPS) is 12.3. The summed E-state index contributed by atoms with van der Waals surface area (Å²) >= 11 is 1.17. The second-order valence-electron chi connectivity index (χ2n) is 4.56. The number of nitro groups is 1. The minimum absolute atomic E-state index is 0.194. The lowest BCUT2D eigenvalue weighted by Crippen LogP contribution is -2.17. The Labute approximate surface area is 116 Å². The molecular formula is C14H16N2O2S. The minimum Gasteiger partial charge on any atom is -0.306 e. The van der Waals surface area contributed by atoms with Crippen LogP contribution in [0.2, 0.25) is 0 Å². The monoisotopic (exact) mass is 276 g/mol. The number of thiophene rings is 1. The number of hydrogen-bond donors (Lipinski definition) is 1. The molecule has 0 aliphatic heterocycles. The molecule has 0 amide bonds. The lowest BCUT2D eigenvalue weighted by molar-refractivity contribution is -0.380. The SMILES string of the molecule is Cc1ccc([C@@H](C)NCc2csc([N+](=O)[O-])c2)cc1. The molecule has 1 N–H and O–H groups in total. The van der Waals surface area contributed by atoms with Gasteiger partial charge in [0.25, 0.3) is 0 Å². The molecule has 4 nitrogen and oxygen atoms in total. The first-order valence-corrected chi connectivity index (χ1v) is 6.96. The second kappa shape index (κ2) is 5.95. The first-order chi connectivity index (χ1) is 9.06. The van der Waals surface area contributed by atoms with Crippen molar-refractivity contribution >= 4 is 16.3 Å². The van der Waals surface area contributed by atoms with Crippen molar-refractivity contribution in [3.63, 3.8) is 0 Å².